The molecule has 88 valence electrons. The van der Waals surface area contributed by atoms with Gasteiger partial charge in [0.2, 0.25) is 5.13 Å². The number of rotatable bonds is 2. The fourth-order valence-corrected chi connectivity index (χ4v) is 1.99. The van der Waals surface area contributed by atoms with Crippen LogP contribution < -0.4 is 5.32 Å². The van der Waals surface area contributed by atoms with Crippen molar-refractivity contribution in [1.29, 1.82) is 0 Å². The summed E-state index contributed by atoms with van der Waals surface area (Å²) in [4.78, 5) is 11.8. The van der Waals surface area contributed by atoms with Gasteiger partial charge in [0.05, 0.1) is 10.6 Å². The van der Waals surface area contributed by atoms with Crippen molar-refractivity contribution < 1.29 is 9.90 Å². The molecule has 2 aromatic rings. The van der Waals surface area contributed by atoms with Gasteiger partial charge in [-0.3, -0.25) is 10.1 Å². The number of nitrogens with zero attached hydrogens (tertiary/aromatic N) is 2. The van der Waals surface area contributed by atoms with Crippen molar-refractivity contribution in [2.24, 2.45) is 0 Å². The molecule has 2 N–H and O–H groups in total. The van der Waals surface area contributed by atoms with Gasteiger partial charge in [0.15, 0.2) is 0 Å². The molecule has 1 aromatic heterocycles. The summed E-state index contributed by atoms with van der Waals surface area (Å²) in [5.41, 5.74) is 0.194. The number of aryl methyl sites for hydroxylation is 1. The van der Waals surface area contributed by atoms with Gasteiger partial charge in [0.1, 0.15) is 10.8 Å². The Morgan fingerprint density at radius 3 is 2.88 bits per heavy atom. The molecule has 0 bridgehead atoms. The van der Waals surface area contributed by atoms with Crippen LogP contribution in [0.25, 0.3) is 0 Å². The Balaban J connectivity index is 2.22. The maximum absolute atomic E-state index is 11.8. The summed E-state index contributed by atoms with van der Waals surface area (Å²) in [6, 6.07) is 4.16. The predicted octanol–water partition coefficient (Wildman–Crippen LogP) is 2.46. The Labute approximate surface area is 106 Å². The van der Waals surface area contributed by atoms with Gasteiger partial charge in [-0.25, -0.2) is 0 Å². The maximum Gasteiger partial charge on any atom is 0.259 e. The second kappa shape index (κ2) is 4.68. The summed E-state index contributed by atoms with van der Waals surface area (Å²) in [5.74, 6) is -0.449. The van der Waals surface area contributed by atoms with Crippen molar-refractivity contribution in [2.45, 2.75) is 6.92 Å². The number of hydrogen-bond acceptors (Lipinski definition) is 5. The molecule has 0 aliphatic carbocycles. The van der Waals surface area contributed by atoms with Gasteiger partial charge in [0.25, 0.3) is 5.91 Å². The number of phenolic OH excluding ortho intramolecular Hbond substituents is 1. The largest absolute Gasteiger partial charge is 0.508 e. The first-order chi connectivity index (χ1) is 8.06. The highest BCUT2D eigenvalue weighted by Crippen LogP contribution is 2.23. The number of anilines is 1. The Hall–Kier alpha value is -1.66. The van der Waals surface area contributed by atoms with Gasteiger partial charge in [-0.15, -0.1) is 10.2 Å². The van der Waals surface area contributed by atoms with E-state index in [0.29, 0.717) is 5.13 Å². The lowest BCUT2D eigenvalue weighted by molar-refractivity contribution is 0.102. The minimum atomic E-state index is -0.429. The third-order valence-corrected chi connectivity index (χ3v) is 3.02. The molecule has 1 amide bonds. The van der Waals surface area contributed by atoms with Gasteiger partial charge in [-0.05, 0) is 25.1 Å². The summed E-state index contributed by atoms with van der Waals surface area (Å²) < 4.78 is 0. The van der Waals surface area contributed by atoms with Crippen LogP contribution in [-0.4, -0.2) is 21.2 Å². The van der Waals surface area contributed by atoms with E-state index in [-0.39, 0.29) is 16.3 Å². The van der Waals surface area contributed by atoms with Crippen molar-refractivity contribution in [2.75, 3.05) is 5.32 Å². The van der Waals surface area contributed by atoms with E-state index in [9.17, 15) is 9.90 Å². The summed E-state index contributed by atoms with van der Waals surface area (Å²) >= 11 is 7.12. The van der Waals surface area contributed by atoms with Crippen LogP contribution in [0.5, 0.6) is 5.75 Å². The molecule has 0 fully saturated rings. The van der Waals surface area contributed by atoms with Crippen LogP contribution in [0.15, 0.2) is 18.2 Å². The number of aromatic nitrogens is 2. The Bertz CT molecular complexity index is 570. The molecule has 0 spiro atoms. The smallest absolute Gasteiger partial charge is 0.259 e. The van der Waals surface area contributed by atoms with E-state index < -0.39 is 5.91 Å². The molecule has 0 radical (unpaired) electrons. The zero-order chi connectivity index (χ0) is 12.4. The third kappa shape index (κ3) is 2.72. The molecule has 7 heteroatoms. The quantitative estimate of drug-likeness (QED) is 0.878. The average molecular weight is 270 g/mol. The molecular weight excluding hydrogens is 262 g/mol. The standard InChI is InChI=1S/C10H8ClN3O2S/c1-5-13-14-10(17-5)12-9(16)7-4-6(15)2-3-8(7)11/h2-4,15H,1H3,(H,12,14,16). The lowest BCUT2D eigenvalue weighted by Crippen LogP contribution is -2.12. The van der Waals surface area contributed by atoms with E-state index in [1.807, 2.05) is 0 Å². The zero-order valence-electron chi connectivity index (χ0n) is 8.77. The van der Waals surface area contributed by atoms with Crippen molar-refractivity contribution in [3.63, 3.8) is 0 Å². The average Bonchev–Trinajstić information content (AvgIpc) is 2.67. The second-order valence-electron chi connectivity index (χ2n) is 3.24. The van der Waals surface area contributed by atoms with E-state index in [1.165, 1.54) is 29.5 Å². The van der Waals surface area contributed by atoms with E-state index >= 15 is 0 Å². The number of halogens is 1. The number of carbonyl (C=O) groups excluding carboxylic acids is 1. The third-order valence-electron chi connectivity index (χ3n) is 1.94. The van der Waals surface area contributed by atoms with Crippen LogP contribution in [0.4, 0.5) is 5.13 Å². The molecule has 0 unspecified atom stereocenters. The molecule has 0 aliphatic rings. The minimum Gasteiger partial charge on any atom is -0.508 e. The highest BCUT2D eigenvalue weighted by atomic mass is 35.5. The summed E-state index contributed by atoms with van der Waals surface area (Å²) in [6.07, 6.45) is 0. The molecule has 0 aliphatic heterocycles. The summed E-state index contributed by atoms with van der Waals surface area (Å²) in [6.45, 7) is 1.79. The van der Waals surface area contributed by atoms with Gasteiger partial charge < -0.3 is 5.11 Å². The first-order valence-corrected chi connectivity index (χ1v) is 5.85. The van der Waals surface area contributed by atoms with Crippen molar-refractivity contribution in [3.05, 3.63) is 33.8 Å². The molecule has 0 saturated carbocycles. The molecule has 0 atom stereocenters. The predicted molar refractivity (Wildman–Crippen MR) is 65.7 cm³/mol. The van der Waals surface area contributed by atoms with Gasteiger partial charge >= 0.3 is 0 Å². The SMILES string of the molecule is Cc1nnc(NC(=O)c2cc(O)ccc2Cl)s1. The molecule has 2 rings (SSSR count). The van der Waals surface area contributed by atoms with Crippen LogP contribution in [0.2, 0.25) is 5.02 Å². The number of aromatic hydroxyl groups is 1. The van der Waals surface area contributed by atoms with Gasteiger partial charge in [0, 0.05) is 0 Å². The first-order valence-electron chi connectivity index (χ1n) is 4.66. The molecular formula is C10H8ClN3O2S. The van der Waals surface area contributed by atoms with E-state index in [2.05, 4.69) is 15.5 Å². The molecule has 1 heterocycles. The maximum atomic E-state index is 11.8. The van der Waals surface area contributed by atoms with Crippen LogP contribution in [0.1, 0.15) is 15.4 Å². The number of nitrogens with one attached hydrogen (secondary N) is 1. The lowest BCUT2D eigenvalue weighted by Gasteiger charge is -2.03. The Morgan fingerprint density at radius 2 is 2.24 bits per heavy atom. The van der Waals surface area contributed by atoms with Crippen LogP contribution in [-0.2, 0) is 0 Å². The van der Waals surface area contributed by atoms with Crippen molar-refractivity contribution >= 4 is 34.0 Å². The number of benzene rings is 1. The molecule has 0 saturated heterocycles. The fraction of sp³-hybridized carbons (Fsp3) is 0.100. The topological polar surface area (TPSA) is 75.1 Å². The summed E-state index contributed by atoms with van der Waals surface area (Å²) in [7, 11) is 0. The second-order valence-corrected chi connectivity index (χ2v) is 4.83. The molecule has 1 aromatic carbocycles. The lowest BCUT2D eigenvalue weighted by atomic mass is 10.2. The van der Waals surface area contributed by atoms with E-state index in [4.69, 9.17) is 11.6 Å². The van der Waals surface area contributed by atoms with Crippen molar-refractivity contribution in [3.8, 4) is 5.75 Å². The monoisotopic (exact) mass is 269 g/mol. The normalized spacial score (nSPS) is 10.2. The number of hydrogen-bond donors (Lipinski definition) is 2. The summed E-state index contributed by atoms with van der Waals surface area (Å²) in [5, 5.41) is 20.8. The number of amides is 1. The van der Waals surface area contributed by atoms with E-state index in [1.54, 1.807) is 6.92 Å². The van der Waals surface area contributed by atoms with Crippen molar-refractivity contribution in [1.82, 2.24) is 10.2 Å². The molecule has 5 nitrogen and oxygen atoms in total. The number of carbonyl (C=O) groups is 1. The minimum absolute atomic E-state index is 0.0204. The van der Waals surface area contributed by atoms with E-state index in [0.717, 1.165) is 5.01 Å². The molecule has 17 heavy (non-hydrogen) atoms. The van der Waals surface area contributed by atoms with Gasteiger partial charge in [-0.1, -0.05) is 22.9 Å². The van der Waals surface area contributed by atoms with Crippen LogP contribution in [0.3, 0.4) is 0 Å². The fourth-order valence-electron chi connectivity index (χ4n) is 1.20. The van der Waals surface area contributed by atoms with Crippen LogP contribution in [0, 0.1) is 6.92 Å². The zero-order valence-corrected chi connectivity index (χ0v) is 10.3. The Morgan fingerprint density at radius 1 is 1.47 bits per heavy atom. The van der Waals surface area contributed by atoms with Crippen LogP contribution >= 0.6 is 22.9 Å². The Kier molecular flexibility index (Phi) is 3.26. The first kappa shape index (κ1) is 11.8. The highest BCUT2D eigenvalue weighted by Gasteiger charge is 2.13. The number of phenols is 1. The van der Waals surface area contributed by atoms with Gasteiger partial charge in [-0.2, -0.15) is 0 Å². The highest BCUT2D eigenvalue weighted by molar-refractivity contribution is 7.15.